The minimum Gasteiger partial charge on any atom is -0.427 e. The lowest BCUT2D eigenvalue weighted by atomic mass is 10.1. The topological polar surface area (TPSA) is 38.0 Å². The Morgan fingerprint density at radius 2 is 1.79 bits per heavy atom. The largest absolute Gasteiger partial charge is 0.427 e. The fraction of sp³-hybridized carbons (Fsp3) is 0.182. The monoisotopic (exact) mass is 188 g/mol. The Kier molecular flexibility index (Phi) is 2.00. The van der Waals surface area contributed by atoms with Gasteiger partial charge in [-0.2, -0.15) is 4.73 Å². The highest BCUT2D eigenvalue weighted by atomic mass is 16.5. The SMILES string of the molecule is Cc1nc(-c2ccccc2)c(C)n1O. The van der Waals surface area contributed by atoms with E-state index in [1.807, 2.05) is 37.3 Å². The van der Waals surface area contributed by atoms with Crippen LogP contribution < -0.4 is 0 Å². The van der Waals surface area contributed by atoms with E-state index >= 15 is 0 Å². The molecule has 3 nitrogen and oxygen atoms in total. The first-order valence-corrected chi connectivity index (χ1v) is 4.51. The molecule has 0 fully saturated rings. The van der Waals surface area contributed by atoms with Gasteiger partial charge in [-0.3, -0.25) is 0 Å². The van der Waals surface area contributed by atoms with E-state index < -0.39 is 0 Å². The Balaban J connectivity index is 2.58. The molecule has 2 aromatic rings. The maximum Gasteiger partial charge on any atom is 0.142 e. The number of hydrogen-bond donors (Lipinski definition) is 1. The summed E-state index contributed by atoms with van der Waals surface area (Å²) in [5.74, 6) is 0.612. The van der Waals surface area contributed by atoms with Gasteiger partial charge in [-0.1, -0.05) is 30.3 Å². The van der Waals surface area contributed by atoms with E-state index in [0.29, 0.717) is 5.82 Å². The zero-order valence-electron chi connectivity index (χ0n) is 8.23. The van der Waals surface area contributed by atoms with E-state index in [2.05, 4.69) is 4.98 Å². The maximum absolute atomic E-state index is 9.54. The molecule has 0 saturated carbocycles. The minimum absolute atomic E-state index is 0.612. The van der Waals surface area contributed by atoms with E-state index in [1.54, 1.807) is 6.92 Å². The number of aryl methyl sites for hydroxylation is 1. The van der Waals surface area contributed by atoms with Crippen LogP contribution in [0.3, 0.4) is 0 Å². The van der Waals surface area contributed by atoms with Crippen LogP contribution in [0.2, 0.25) is 0 Å². The van der Waals surface area contributed by atoms with Crippen LogP contribution in [0, 0.1) is 13.8 Å². The molecule has 2 rings (SSSR count). The van der Waals surface area contributed by atoms with E-state index in [-0.39, 0.29) is 0 Å². The summed E-state index contributed by atoms with van der Waals surface area (Å²) in [6.45, 7) is 3.63. The summed E-state index contributed by atoms with van der Waals surface area (Å²) < 4.78 is 1.11. The number of nitrogens with zero attached hydrogens (tertiary/aromatic N) is 2. The average molecular weight is 188 g/mol. The molecule has 0 aliphatic rings. The molecular formula is C11H12N2O. The lowest BCUT2D eigenvalue weighted by Crippen LogP contribution is -1.95. The molecule has 0 radical (unpaired) electrons. The number of imidazole rings is 1. The summed E-state index contributed by atoms with van der Waals surface area (Å²) in [4.78, 5) is 4.29. The Bertz CT molecular complexity index is 446. The van der Waals surface area contributed by atoms with Gasteiger partial charge in [-0.05, 0) is 13.8 Å². The van der Waals surface area contributed by atoms with Gasteiger partial charge in [0.05, 0.1) is 11.4 Å². The second-order valence-electron chi connectivity index (χ2n) is 3.27. The molecule has 72 valence electrons. The molecular weight excluding hydrogens is 176 g/mol. The van der Waals surface area contributed by atoms with Gasteiger partial charge in [0.15, 0.2) is 0 Å². The summed E-state index contributed by atoms with van der Waals surface area (Å²) in [6.07, 6.45) is 0. The molecule has 14 heavy (non-hydrogen) atoms. The minimum atomic E-state index is 0.612. The molecule has 0 amide bonds. The summed E-state index contributed by atoms with van der Waals surface area (Å²) in [5.41, 5.74) is 2.64. The maximum atomic E-state index is 9.54. The zero-order chi connectivity index (χ0) is 10.1. The second-order valence-corrected chi connectivity index (χ2v) is 3.27. The van der Waals surface area contributed by atoms with E-state index in [4.69, 9.17) is 0 Å². The highest BCUT2D eigenvalue weighted by molar-refractivity contribution is 5.61. The van der Waals surface area contributed by atoms with Gasteiger partial charge in [0.25, 0.3) is 0 Å². The predicted octanol–water partition coefficient (Wildman–Crippen LogP) is 2.40. The van der Waals surface area contributed by atoms with Crippen LogP contribution in [-0.2, 0) is 0 Å². The third-order valence-electron chi connectivity index (χ3n) is 2.29. The van der Waals surface area contributed by atoms with Crippen LogP contribution in [0.25, 0.3) is 11.3 Å². The van der Waals surface area contributed by atoms with Gasteiger partial charge < -0.3 is 5.21 Å². The van der Waals surface area contributed by atoms with Crippen molar-refractivity contribution in [1.29, 1.82) is 0 Å². The van der Waals surface area contributed by atoms with Crippen molar-refractivity contribution in [2.45, 2.75) is 13.8 Å². The lowest BCUT2D eigenvalue weighted by Gasteiger charge is -1.98. The molecule has 0 aliphatic carbocycles. The lowest BCUT2D eigenvalue weighted by molar-refractivity contribution is 0.173. The predicted molar refractivity (Wildman–Crippen MR) is 54.3 cm³/mol. The van der Waals surface area contributed by atoms with Gasteiger partial charge in [-0.25, -0.2) is 4.98 Å². The van der Waals surface area contributed by atoms with Crippen molar-refractivity contribution in [3.63, 3.8) is 0 Å². The number of benzene rings is 1. The Morgan fingerprint density at radius 3 is 2.29 bits per heavy atom. The van der Waals surface area contributed by atoms with Crippen molar-refractivity contribution in [1.82, 2.24) is 9.71 Å². The molecule has 1 heterocycles. The van der Waals surface area contributed by atoms with Gasteiger partial charge in [0, 0.05) is 5.56 Å². The zero-order valence-corrected chi connectivity index (χ0v) is 8.23. The Labute approximate surface area is 82.6 Å². The van der Waals surface area contributed by atoms with Crippen LogP contribution in [0.4, 0.5) is 0 Å². The van der Waals surface area contributed by atoms with Crippen molar-refractivity contribution < 1.29 is 5.21 Å². The molecule has 0 aliphatic heterocycles. The first kappa shape index (κ1) is 8.81. The quantitative estimate of drug-likeness (QED) is 0.698. The van der Waals surface area contributed by atoms with E-state index in [9.17, 15) is 5.21 Å². The summed E-state index contributed by atoms with van der Waals surface area (Å²) in [6, 6.07) is 9.84. The molecule has 0 atom stereocenters. The standard InChI is InChI=1S/C11H12N2O/c1-8-11(12-9(2)13(8)14)10-6-4-3-5-7-10/h3-7,14H,1-2H3. The Morgan fingerprint density at radius 1 is 1.14 bits per heavy atom. The number of hydrogen-bond acceptors (Lipinski definition) is 2. The molecule has 0 bridgehead atoms. The fourth-order valence-electron chi connectivity index (χ4n) is 1.50. The first-order chi connectivity index (χ1) is 6.70. The third kappa shape index (κ3) is 1.27. The van der Waals surface area contributed by atoms with Crippen molar-refractivity contribution >= 4 is 0 Å². The third-order valence-corrected chi connectivity index (χ3v) is 2.29. The van der Waals surface area contributed by atoms with Gasteiger partial charge in [-0.15, -0.1) is 0 Å². The molecule has 1 N–H and O–H groups in total. The van der Waals surface area contributed by atoms with Crippen molar-refractivity contribution in [3.05, 3.63) is 41.9 Å². The van der Waals surface area contributed by atoms with Crippen LogP contribution >= 0.6 is 0 Å². The molecule has 0 saturated heterocycles. The van der Waals surface area contributed by atoms with Crippen LogP contribution in [0.5, 0.6) is 0 Å². The second kappa shape index (κ2) is 3.18. The highest BCUT2D eigenvalue weighted by Gasteiger charge is 2.10. The normalized spacial score (nSPS) is 10.4. The van der Waals surface area contributed by atoms with Crippen molar-refractivity contribution in [2.24, 2.45) is 0 Å². The smallest absolute Gasteiger partial charge is 0.142 e. The van der Waals surface area contributed by atoms with E-state index in [0.717, 1.165) is 21.7 Å². The fourth-order valence-corrected chi connectivity index (χ4v) is 1.50. The molecule has 1 aromatic heterocycles. The first-order valence-electron chi connectivity index (χ1n) is 4.51. The van der Waals surface area contributed by atoms with Gasteiger partial charge >= 0.3 is 0 Å². The van der Waals surface area contributed by atoms with Crippen molar-refractivity contribution in [2.75, 3.05) is 0 Å². The molecule has 0 spiro atoms. The van der Waals surface area contributed by atoms with Crippen LogP contribution in [-0.4, -0.2) is 14.9 Å². The summed E-state index contributed by atoms with van der Waals surface area (Å²) >= 11 is 0. The summed E-state index contributed by atoms with van der Waals surface area (Å²) in [5, 5.41) is 9.54. The average Bonchev–Trinajstić information content (AvgIpc) is 2.47. The number of aromatic nitrogens is 2. The van der Waals surface area contributed by atoms with E-state index in [1.165, 1.54) is 0 Å². The molecule has 3 heteroatoms. The molecule has 1 aromatic carbocycles. The Hall–Kier alpha value is -1.77. The van der Waals surface area contributed by atoms with Gasteiger partial charge in [0.1, 0.15) is 5.82 Å². The summed E-state index contributed by atoms with van der Waals surface area (Å²) in [7, 11) is 0. The number of rotatable bonds is 1. The highest BCUT2D eigenvalue weighted by Crippen LogP contribution is 2.21. The van der Waals surface area contributed by atoms with Crippen molar-refractivity contribution in [3.8, 4) is 11.3 Å². The molecule has 0 unspecified atom stereocenters. The van der Waals surface area contributed by atoms with Gasteiger partial charge in [0.2, 0.25) is 0 Å². The van der Waals surface area contributed by atoms with Crippen LogP contribution in [0.15, 0.2) is 30.3 Å². The van der Waals surface area contributed by atoms with Crippen LogP contribution in [0.1, 0.15) is 11.5 Å².